The number of hydrogen-bond donors (Lipinski definition) is 1. The summed E-state index contributed by atoms with van der Waals surface area (Å²) in [4.78, 5) is 25.7. The fourth-order valence-corrected chi connectivity index (χ4v) is 3.75. The van der Waals surface area contributed by atoms with Crippen LogP contribution in [0.5, 0.6) is 0 Å². The molecule has 1 N–H and O–H groups in total. The van der Waals surface area contributed by atoms with Gasteiger partial charge in [-0.3, -0.25) is 4.79 Å². The molecule has 1 aliphatic heterocycles. The van der Waals surface area contributed by atoms with E-state index in [1.54, 1.807) is 17.2 Å². The van der Waals surface area contributed by atoms with E-state index >= 15 is 0 Å². The molecule has 3 heterocycles. The van der Waals surface area contributed by atoms with Gasteiger partial charge in [0.1, 0.15) is 18.7 Å². The molecule has 0 unspecified atom stereocenters. The van der Waals surface area contributed by atoms with Gasteiger partial charge in [-0.15, -0.1) is 0 Å². The molecule has 0 atom stereocenters. The highest BCUT2D eigenvalue weighted by atomic mass is 16.2. The van der Waals surface area contributed by atoms with Gasteiger partial charge in [0, 0.05) is 32.2 Å². The molecule has 1 aliphatic carbocycles. The van der Waals surface area contributed by atoms with E-state index in [4.69, 9.17) is 0 Å². The quantitative estimate of drug-likeness (QED) is 0.877. The summed E-state index contributed by atoms with van der Waals surface area (Å²) >= 11 is 0. The van der Waals surface area contributed by atoms with Crippen molar-refractivity contribution in [2.24, 2.45) is 0 Å². The van der Waals surface area contributed by atoms with E-state index in [1.807, 2.05) is 0 Å². The minimum atomic E-state index is 0.0108. The van der Waals surface area contributed by atoms with E-state index in [9.17, 15) is 4.79 Å². The molecule has 8 nitrogen and oxygen atoms in total. The molecule has 0 spiro atoms. The molecule has 8 heteroatoms. The summed E-state index contributed by atoms with van der Waals surface area (Å²) in [5.74, 6) is 0.928. The maximum Gasteiger partial charge on any atom is 0.242 e. The topological polar surface area (TPSA) is 79.2 Å². The van der Waals surface area contributed by atoms with E-state index < -0.39 is 0 Å². The molecule has 2 fully saturated rings. The number of anilines is 1. The Morgan fingerprint density at radius 3 is 2.72 bits per heavy atom. The van der Waals surface area contributed by atoms with Gasteiger partial charge < -0.3 is 15.1 Å². The predicted molar refractivity (Wildman–Crippen MR) is 95.4 cm³/mol. The highest BCUT2D eigenvalue weighted by molar-refractivity contribution is 5.88. The van der Waals surface area contributed by atoms with Crippen molar-refractivity contribution in [1.82, 2.24) is 30.0 Å². The van der Waals surface area contributed by atoms with Gasteiger partial charge in [0.15, 0.2) is 5.65 Å². The zero-order valence-corrected chi connectivity index (χ0v) is 14.7. The molecule has 0 bridgehead atoms. The number of carbonyl (C=O) groups excluding carboxylic acids is 1. The number of amides is 1. The minimum absolute atomic E-state index is 0.0108. The van der Waals surface area contributed by atoms with Gasteiger partial charge in [-0.05, 0) is 19.9 Å². The number of nitrogens with zero attached hydrogens (tertiary/aromatic N) is 6. The number of aromatic nitrogens is 4. The third-order valence-electron chi connectivity index (χ3n) is 5.23. The molecule has 0 aromatic carbocycles. The molecule has 2 aliphatic rings. The number of piperazine rings is 1. The van der Waals surface area contributed by atoms with Crippen LogP contribution < -0.4 is 10.2 Å². The normalized spacial score (nSPS) is 19.6. The van der Waals surface area contributed by atoms with Crippen LogP contribution in [0.15, 0.2) is 12.5 Å². The lowest BCUT2D eigenvalue weighted by Crippen LogP contribution is -2.44. The van der Waals surface area contributed by atoms with Crippen LogP contribution in [0, 0.1) is 0 Å². The lowest BCUT2D eigenvalue weighted by Gasteiger charge is -2.33. The lowest BCUT2D eigenvalue weighted by atomic mass is 10.2. The molecule has 1 amide bonds. The summed E-state index contributed by atoms with van der Waals surface area (Å²) in [6.07, 6.45) is 7.94. The average Bonchev–Trinajstić information content (AvgIpc) is 3.26. The first-order valence-electron chi connectivity index (χ1n) is 9.10. The predicted octanol–water partition coefficient (Wildman–Crippen LogP) is 0.637. The van der Waals surface area contributed by atoms with E-state index in [0.29, 0.717) is 6.04 Å². The molecule has 0 radical (unpaired) electrons. The van der Waals surface area contributed by atoms with Gasteiger partial charge in [0.25, 0.3) is 0 Å². The van der Waals surface area contributed by atoms with Crippen molar-refractivity contribution < 1.29 is 4.79 Å². The first-order chi connectivity index (χ1) is 12.2. The largest absolute Gasteiger partial charge is 0.353 e. The number of rotatable bonds is 4. The summed E-state index contributed by atoms with van der Waals surface area (Å²) in [6.45, 7) is 4.12. The third kappa shape index (κ3) is 3.44. The van der Waals surface area contributed by atoms with E-state index in [-0.39, 0.29) is 12.5 Å². The Labute approximate surface area is 147 Å². The van der Waals surface area contributed by atoms with Crippen molar-refractivity contribution in [1.29, 1.82) is 0 Å². The first kappa shape index (κ1) is 16.3. The summed E-state index contributed by atoms with van der Waals surface area (Å²) < 4.78 is 1.68. The number of fused-ring (bicyclic) bond motifs is 1. The van der Waals surface area contributed by atoms with Crippen molar-refractivity contribution in [3.63, 3.8) is 0 Å². The van der Waals surface area contributed by atoms with Crippen molar-refractivity contribution in [2.75, 3.05) is 38.1 Å². The summed E-state index contributed by atoms with van der Waals surface area (Å²) in [5.41, 5.74) is 0.727. The minimum Gasteiger partial charge on any atom is -0.353 e. The zero-order valence-electron chi connectivity index (χ0n) is 14.7. The molecule has 4 rings (SSSR count). The molecular formula is C17H25N7O. The number of likely N-dealkylation sites (N-methyl/N-ethyl adjacent to an activating group) is 1. The van der Waals surface area contributed by atoms with Gasteiger partial charge in [-0.1, -0.05) is 12.8 Å². The second-order valence-corrected chi connectivity index (χ2v) is 7.08. The van der Waals surface area contributed by atoms with Crippen LogP contribution in [0.1, 0.15) is 25.7 Å². The summed E-state index contributed by atoms with van der Waals surface area (Å²) in [6, 6.07) is 0.324. The Morgan fingerprint density at radius 2 is 1.96 bits per heavy atom. The monoisotopic (exact) mass is 343 g/mol. The third-order valence-corrected chi connectivity index (χ3v) is 5.23. The van der Waals surface area contributed by atoms with E-state index in [1.165, 1.54) is 12.8 Å². The van der Waals surface area contributed by atoms with Crippen molar-refractivity contribution >= 4 is 22.8 Å². The molecule has 134 valence electrons. The van der Waals surface area contributed by atoms with Crippen LogP contribution in [0.25, 0.3) is 11.0 Å². The lowest BCUT2D eigenvalue weighted by molar-refractivity contribution is -0.122. The van der Waals surface area contributed by atoms with Crippen LogP contribution >= 0.6 is 0 Å². The van der Waals surface area contributed by atoms with E-state index in [2.05, 4.69) is 37.2 Å². The number of hydrogen-bond acceptors (Lipinski definition) is 6. The fourth-order valence-electron chi connectivity index (χ4n) is 3.75. The van der Waals surface area contributed by atoms with Crippen LogP contribution in [0.3, 0.4) is 0 Å². The zero-order chi connectivity index (χ0) is 17.2. The number of carbonyl (C=O) groups is 1. The first-order valence-corrected chi connectivity index (χ1v) is 9.10. The maximum atomic E-state index is 12.3. The highest BCUT2D eigenvalue weighted by Crippen LogP contribution is 2.23. The van der Waals surface area contributed by atoms with Crippen LogP contribution in [0.2, 0.25) is 0 Å². The van der Waals surface area contributed by atoms with Gasteiger partial charge >= 0.3 is 0 Å². The SMILES string of the molecule is CN1CCN(c2ncnc3c2cnn3CC(=O)NC2CCCC2)CC1. The van der Waals surface area contributed by atoms with Gasteiger partial charge in [-0.2, -0.15) is 5.10 Å². The van der Waals surface area contributed by atoms with Crippen LogP contribution in [0.4, 0.5) is 5.82 Å². The Hall–Kier alpha value is -2.22. The Morgan fingerprint density at radius 1 is 1.20 bits per heavy atom. The Bertz CT molecular complexity index is 745. The Kier molecular flexibility index (Phi) is 4.52. The van der Waals surface area contributed by atoms with Gasteiger partial charge in [0.2, 0.25) is 5.91 Å². The van der Waals surface area contributed by atoms with Gasteiger partial charge in [0.05, 0.1) is 11.6 Å². The molecule has 1 saturated carbocycles. The van der Waals surface area contributed by atoms with Crippen molar-refractivity contribution in [3.05, 3.63) is 12.5 Å². The fraction of sp³-hybridized carbons (Fsp3) is 0.647. The van der Waals surface area contributed by atoms with Gasteiger partial charge in [-0.25, -0.2) is 14.6 Å². The second-order valence-electron chi connectivity index (χ2n) is 7.08. The molecule has 2 aromatic rings. The standard InChI is InChI=1S/C17H25N7O/c1-22-6-8-23(9-7-22)16-14-10-20-24(17(14)19-12-18-16)11-15(25)21-13-4-2-3-5-13/h10,12-13H,2-9,11H2,1H3,(H,21,25). The van der Waals surface area contributed by atoms with Crippen molar-refractivity contribution in [3.8, 4) is 0 Å². The maximum absolute atomic E-state index is 12.3. The second kappa shape index (κ2) is 6.95. The average molecular weight is 343 g/mol. The molecular weight excluding hydrogens is 318 g/mol. The van der Waals surface area contributed by atoms with Crippen molar-refractivity contribution in [2.45, 2.75) is 38.3 Å². The molecule has 2 aromatic heterocycles. The summed E-state index contributed by atoms with van der Waals surface area (Å²) in [5, 5.41) is 8.42. The molecule has 1 saturated heterocycles. The highest BCUT2D eigenvalue weighted by Gasteiger charge is 2.21. The van der Waals surface area contributed by atoms with Crippen LogP contribution in [-0.2, 0) is 11.3 Å². The Balaban J connectivity index is 1.51. The summed E-state index contributed by atoms with van der Waals surface area (Å²) in [7, 11) is 2.13. The van der Waals surface area contributed by atoms with Crippen LogP contribution in [-0.4, -0.2) is 69.8 Å². The number of nitrogens with one attached hydrogen (secondary N) is 1. The molecule has 25 heavy (non-hydrogen) atoms. The smallest absolute Gasteiger partial charge is 0.242 e. The van der Waals surface area contributed by atoms with E-state index in [0.717, 1.165) is 55.9 Å².